The first kappa shape index (κ1) is 22.7. The van der Waals surface area contributed by atoms with Crippen LogP contribution in [0.5, 0.6) is 0 Å². The van der Waals surface area contributed by atoms with E-state index in [1.807, 2.05) is 72.6 Å². The zero-order chi connectivity index (χ0) is 24.2. The normalized spacial score (nSPS) is 17.7. The summed E-state index contributed by atoms with van der Waals surface area (Å²) in [7, 11) is 1.87. The highest BCUT2D eigenvalue weighted by Gasteiger charge is 2.30. The second-order valence-corrected chi connectivity index (χ2v) is 8.57. The molecule has 1 N–H and O–H groups in total. The Balaban J connectivity index is 1.50. The number of fused-ring (bicyclic) bond motifs is 1. The molecule has 1 fully saturated rings. The van der Waals surface area contributed by atoms with E-state index in [9.17, 15) is 10.1 Å². The zero-order valence-corrected chi connectivity index (χ0v) is 19.5. The second-order valence-electron chi connectivity index (χ2n) is 8.57. The second kappa shape index (κ2) is 10.1. The number of hydrogen-bond donors (Lipinski definition) is 1. The largest absolute Gasteiger partial charge is 0.378 e. The standard InChI is InChI=1S/C27H26N6O2/c1-32(18-23-24(15-19(16-28)17-29-23)33-11-13-35-14-12-33)26-27(34)30-22-10-6-5-9-21(22)25(31-26)20-7-3-2-4-8-20/h2-10,15,17,26H,11-14,18H2,1H3,(H,30,34). The van der Waals surface area contributed by atoms with Gasteiger partial charge in [-0.25, -0.2) is 0 Å². The topological polar surface area (TPSA) is 93.8 Å². The fraction of sp³-hybridized carbons (Fsp3) is 0.259. The summed E-state index contributed by atoms with van der Waals surface area (Å²) < 4.78 is 5.50. The monoisotopic (exact) mass is 466 g/mol. The molecule has 2 aromatic carbocycles. The van der Waals surface area contributed by atoms with Crippen LogP contribution in [0.4, 0.5) is 11.4 Å². The van der Waals surface area contributed by atoms with Crippen LogP contribution >= 0.6 is 0 Å². The summed E-state index contributed by atoms with van der Waals surface area (Å²) in [4.78, 5) is 27.0. The number of morpholine rings is 1. The fourth-order valence-corrected chi connectivity index (χ4v) is 4.44. The van der Waals surface area contributed by atoms with Crippen LogP contribution in [0.3, 0.4) is 0 Å². The first-order chi connectivity index (χ1) is 17.1. The van der Waals surface area contributed by atoms with Gasteiger partial charge in [0.05, 0.1) is 41.6 Å². The fourth-order valence-electron chi connectivity index (χ4n) is 4.44. The van der Waals surface area contributed by atoms with Crippen LogP contribution in [0.25, 0.3) is 0 Å². The average molecular weight is 467 g/mol. The van der Waals surface area contributed by atoms with Crippen LogP contribution in [-0.2, 0) is 16.1 Å². The van der Waals surface area contributed by atoms with Gasteiger partial charge in [0.2, 0.25) is 0 Å². The molecular weight excluding hydrogens is 440 g/mol. The Morgan fingerprint density at radius 3 is 2.66 bits per heavy atom. The Labute approximate surface area is 204 Å². The van der Waals surface area contributed by atoms with E-state index in [1.165, 1.54) is 0 Å². The molecule has 0 radical (unpaired) electrons. The summed E-state index contributed by atoms with van der Waals surface area (Å²) >= 11 is 0. The molecule has 176 valence electrons. The van der Waals surface area contributed by atoms with E-state index < -0.39 is 6.17 Å². The number of benzene rings is 2. The lowest BCUT2D eigenvalue weighted by molar-refractivity contribution is -0.120. The number of para-hydroxylation sites is 1. The number of nitrogens with one attached hydrogen (secondary N) is 1. The molecule has 1 amide bonds. The SMILES string of the molecule is CN(Cc1ncc(C#N)cc1N1CCOCC1)C1N=C(c2ccccc2)c2ccccc2NC1=O. The van der Waals surface area contributed by atoms with Crippen molar-refractivity contribution in [1.29, 1.82) is 5.26 Å². The minimum atomic E-state index is -0.757. The van der Waals surface area contributed by atoms with Gasteiger partial charge in [0, 0.05) is 37.0 Å². The number of benzodiazepines with no additional fused rings is 1. The average Bonchev–Trinajstić information content (AvgIpc) is 3.06. The van der Waals surface area contributed by atoms with Crippen LogP contribution in [-0.4, -0.2) is 61.0 Å². The number of rotatable bonds is 5. The number of aromatic nitrogens is 1. The van der Waals surface area contributed by atoms with Crippen LogP contribution in [0.15, 0.2) is 71.9 Å². The molecule has 1 saturated heterocycles. The highest BCUT2D eigenvalue weighted by molar-refractivity contribution is 6.19. The number of ether oxygens (including phenoxy) is 1. The van der Waals surface area contributed by atoms with E-state index in [-0.39, 0.29) is 5.91 Å². The summed E-state index contributed by atoms with van der Waals surface area (Å²) in [6.07, 6.45) is 0.821. The van der Waals surface area contributed by atoms with E-state index >= 15 is 0 Å². The highest BCUT2D eigenvalue weighted by atomic mass is 16.5. The molecule has 8 heteroatoms. The van der Waals surface area contributed by atoms with Crippen molar-refractivity contribution in [3.8, 4) is 6.07 Å². The van der Waals surface area contributed by atoms with Crippen molar-refractivity contribution in [1.82, 2.24) is 9.88 Å². The lowest BCUT2D eigenvalue weighted by atomic mass is 10.0. The minimum Gasteiger partial charge on any atom is -0.378 e. The smallest absolute Gasteiger partial charge is 0.264 e. The van der Waals surface area contributed by atoms with Gasteiger partial charge in [-0.2, -0.15) is 5.26 Å². The maximum Gasteiger partial charge on any atom is 0.264 e. The van der Waals surface area contributed by atoms with Crippen molar-refractivity contribution in [2.24, 2.45) is 4.99 Å². The maximum atomic E-state index is 13.3. The molecule has 3 aromatic rings. The first-order valence-corrected chi connectivity index (χ1v) is 11.6. The lowest BCUT2D eigenvalue weighted by Gasteiger charge is -2.31. The number of carbonyl (C=O) groups is 1. The third-order valence-corrected chi connectivity index (χ3v) is 6.22. The quantitative estimate of drug-likeness (QED) is 0.621. The van der Waals surface area contributed by atoms with E-state index in [0.29, 0.717) is 25.3 Å². The van der Waals surface area contributed by atoms with E-state index in [4.69, 9.17) is 9.73 Å². The molecular formula is C27H26N6O2. The summed E-state index contributed by atoms with van der Waals surface area (Å²) in [6, 6.07) is 21.7. The van der Waals surface area contributed by atoms with Crippen molar-refractivity contribution in [2.45, 2.75) is 12.7 Å². The molecule has 8 nitrogen and oxygen atoms in total. The van der Waals surface area contributed by atoms with Gasteiger partial charge in [0.15, 0.2) is 6.17 Å². The minimum absolute atomic E-state index is 0.201. The van der Waals surface area contributed by atoms with E-state index in [0.717, 1.165) is 47.0 Å². The van der Waals surface area contributed by atoms with Crippen molar-refractivity contribution < 1.29 is 9.53 Å². The van der Waals surface area contributed by atoms with E-state index in [2.05, 4.69) is 21.3 Å². The van der Waals surface area contributed by atoms with Crippen molar-refractivity contribution in [3.05, 3.63) is 89.2 Å². The highest BCUT2D eigenvalue weighted by Crippen LogP contribution is 2.27. The summed E-state index contributed by atoms with van der Waals surface area (Å²) in [5.41, 5.74) is 5.51. The first-order valence-electron chi connectivity index (χ1n) is 11.6. The molecule has 0 bridgehead atoms. The predicted octanol–water partition coefficient (Wildman–Crippen LogP) is 3.04. The van der Waals surface area contributed by atoms with Gasteiger partial charge in [0.1, 0.15) is 6.07 Å². The Bertz CT molecular complexity index is 1290. The molecule has 0 aliphatic carbocycles. The third-order valence-electron chi connectivity index (χ3n) is 6.22. The molecule has 1 aromatic heterocycles. The Morgan fingerprint density at radius 1 is 1.14 bits per heavy atom. The zero-order valence-electron chi connectivity index (χ0n) is 19.5. The number of pyridine rings is 1. The van der Waals surface area contributed by atoms with Crippen molar-refractivity contribution in [2.75, 3.05) is 43.6 Å². The number of nitrogens with zero attached hydrogens (tertiary/aromatic N) is 5. The molecule has 35 heavy (non-hydrogen) atoms. The number of likely N-dealkylation sites (N-methyl/N-ethyl adjacent to an activating group) is 1. The van der Waals surface area contributed by atoms with Crippen LogP contribution < -0.4 is 10.2 Å². The number of nitriles is 1. The molecule has 2 aliphatic heterocycles. The molecule has 5 rings (SSSR count). The molecule has 2 aliphatic rings. The Morgan fingerprint density at radius 2 is 1.89 bits per heavy atom. The van der Waals surface area contributed by atoms with Gasteiger partial charge in [-0.05, 0) is 19.2 Å². The van der Waals surface area contributed by atoms with Crippen LogP contribution in [0.1, 0.15) is 22.4 Å². The predicted molar refractivity (Wildman–Crippen MR) is 134 cm³/mol. The van der Waals surface area contributed by atoms with Crippen LogP contribution in [0.2, 0.25) is 0 Å². The number of anilines is 2. The van der Waals surface area contributed by atoms with Gasteiger partial charge in [0.25, 0.3) is 5.91 Å². The van der Waals surface area contributed by atoms with Gasteiger partial charge in [-0.3, -0.25) is 19.7 Å². The van der Waals surface area contributed by atoms with Crippen molar-refractivity contribution in [3.63, 3.8) is 0 Å². The van der Waals surface area contributed by atoms with E-state index in [1.54, 1.807) is 6.20 Å². The van der Waals surface area contributed by atoms with Crippen LogP contribution in [0, 0.1) is 11.3 Å². The molecule has 0 saturated carbocycles. The molecule has 1 unspecified atom stereocenters. The van der Waals surface area contributed by atoms with Gasteiger partial charge < -0.3 is 15.0 Å². The number of carbonyl (C=O) groups excluding carboxylic acids is 1. The Kier molecular flexibility index (Phi) is 6.53. The Hall–Kier alpha value is -4.06. The molecule has 1 atom stereocenters. The summed E-state index contributed by atoms with van der Waals surface area (Å²) in [5.74, 6) is -0.201. The summed E-state index contributed by atoms with van der Waals surface area (Å²) in [5, 5.41) is 12.5. The third kappa shape index (κ3) is 4.78. The number of amides is 1. The van der Waals surface area contributed by atoms with Gasteiger partial charge in [-0.1, -0.05) is 48.5 Å². The molecule has 0 spiro atoms. The van der Waals surface area contributed by atoms with Crippen molar-refractivity contribution >= 4 is 23.0 Å². The maximum absolute atomic E-state index is 13.3. The lowest BCUT2D eigenvalue weighted by Crippen LogP contribution is -2.41. The number of hydrogen-bond acceptors (Lipinski definition) is 7. The summed E-state index contributed by atoms with van der Waals surface area (Å²) in [6.45, 7) is 3.09. The number of aliphatic imine (C=N–C) groups is 1. The van der Waals surface area contributed by atoms with Gasteiger partial charge in [-0.15, -0.1) is 0 Å². The molecule has 3 heterocycles. The van der Waals surface area contributed by atoms with Gasteiger partial charge >= 0.3 is 0 Å².